The van der Waals surface area contributed by atoms with Gasteiger partial charge < -0.3 is 15.0 Å². The molecule has 2 rings (SSSR count). The molecule has 0 aliphatic carbocycles. The zero-order valence-corrected chi connectivity index (χ0v) is 22.4. The minimum atomic E-state index is -3.80. The molecule has 0 saturated carbocycles. The lowest BCUT2D eigenvalue weighted by Gasteiger charge is -2.33. The van der Waals surface area contributed by atoms with Crippen molar-refractivity contribution in [2.45, 2.75) is 52.2 Å². The molecule has 8 nitrogen and oxygen atoms in total. The second-order valence-electron chi connectivity index (χ2n) is 8.36. The predicted molar refractivity (Wildman–Crippen MR) is 139 cm³/mol. The summed E-state index contributed by atoms with van der Waals surface area (Å²) in [5.41, 5.74) is 1.06. The Morgan fingerprint density at radius 3 is 2.29 bits per heavy atom. The number of rotatable bonds is 12. The highest BCUT2D eigenvalue weighted by Gasteiger charge is 2.32. The smallest absolute Gasteiger partial charge is 0.244 e. The van der Waals surface area contributed by atoms with Gasteiger partial charge in [-0.05, 0) is 61.7 Å². The largest absolute Gasteiger partial charge is 0.497 e. The molecule has 0 aliphatic heterocycles. The third-order valence-electron chi connectivity index (χ3n) is 5.67. The van der Waals surface area contributed by atoms with E-state index in [2.05, 4.69) is 5.32 Å². The van der Waals surface area contributed by atoms with E-state index in [4.69, 9.17) is 16.3 Å². The molecule has 2 atom stereocenters. The van der Waals surface area contributed by atoms with Crippen molar-refractivity contribution in [1.82, 2.24) is 10.2 Å². The van der Waals surface area contributed by atoms with Crippen molar-refractivity contribution in [2.75, 3.05) is 24.2 Å². The van der Waals surface area contributed by atoms with E-state index in [0.717, 1.165) is 22.5 Å². The summed E-state index contributed by atoms with van der Waals surface area (Å²) < 4.78 is 31.5. The number of carbonyl (C=O) groups is 2. The summed E-state index contributed by atoms with van der Waals surface area (Å²) >= 11 is 5.95. The van der Waals surface area contributed by atoms with Crippen molar-refractivity contribution >= 4 is 39.1 Å². The van der Waals surface area contributed by atoms with Gasteiger partial charge in [0.2, 0.25) is 21.8 Å². The van der Waals surface area contributed by atoms with E-state index in [-0.39, 0.29) is 18.5 Å². The van der Waals surface area contributed by atoms with Crippen molar-refractivity contribution in [3.63, 3.8) is 0 Å². The number of carbonyl (C=O) groups excluding carboxylic acids is 2. The molecule has 35 heavy (non-hydrogen) atoms. The van der Waals surface area contributed by atoms with Crippen LogP contribution in [0.5, 0.6) is 5.75 Å². The molecule has 0 aliphatic rings. The minimum absolute atomic E-state index is 0.0630. The molecule has 0 radical (unpaired) electrons. The van der Waals surface area contributed by atoms with Crippen LogP contribution in [0.25, 0.3) is 0 Å². The lowest BCUT2D eigenvalue weighted by molar-refractivity contribution is -0.140. The monoisotopic (exact) mass is 523 g/mol. The fourth-order valence-electron chi connectivity index (χ4n) is 3.55. The Kier molecular flexibility index (Phi) is 10.4. The maximum atomic E-state index is 13.6. The highest BCUT2D eigenvalue weighted by Crippen LogP contribution is 2.22. The number of halogens is 1. The molecule has 2 aromatic rings. The summed E-state index contributed by atoms with van der Waals surface area (Å²) in [5, 5.41) is 3.39. The van der Waals surface area contributed by atoms with Crippen molar-refractivity contribution in [3.8, 4) is 5.75 Å². The quantitative estimate of drug-likeness (QED) is 0.456. The standard InChI is InChI=1S/C25H34ClN3O5S/c1-6-18(3)27-25(31)23(7-2)28(16-19-9-8-10-22(15-19)34-4)24(30)17-29(35(5,32)33)21-13-11-20(26)12-14-21/h8-15,18,23H,6-7,16-17H2,1-5H3,(H,27,31)/t18-,23-/m1/s1. The van der Waals surface area contributed by atoms with Crippen LogP contribution >= 0.6 is 11.6 Å². The van der Waals surface area contributed by atoms with Gasteiger partial charge in [0.15, 0.2) is 0 Å². The van der Waals surface area contributed by atoms with Gasteiger partial charge in [0.25, 0.3) is 0 Å². The molecule has 0 bridgehead atoms. The SMILES string of the molecule is CC[C@@H](C)NC(=O)[C@@H](CC)N(Cc1cccc(OC)c1)C(=O)CN(c1ccc(Cl)cc1)S(C)(=O)=O. The van der Waals surface area contributed by atoms with Crippen LogP contribution in [0.3, 0.4) is 0 Å². The molecule has 10 heteroatoms. The van der Waals surface area contributed by atoms with Gasteiger partial charge in [-0.25, -0.2) is 8.42 Å². The summed E-state index contributed by atoms with van der Waals surface area (Å²) in [6.07, 6.45) is 2.14. The van der Waals surface area contributed by atoms with Gasteiger partial charge in [-0.2, -0.15) is 0 Å². The number of hydrogen-bond acceptors (Lipinski definition) is 5. The van der Waals surface area contributed by atoms with Gasteiger partial charge in [0.05, 0.1) is 19.1 Å². The first kappa shape index (κ1) is 28.5. The van der Waals surface area contributed by atoms with Gasteiger partial charge in [-0.15, -0.1) is 0 Å². The molecule has 0 heterocycles. The van der Waals surface area contributed by atoms with Gasteiger partial charge in [-0.3, -0.25) is 13.9 Å². The van der Waals surface area contributed by atoms with E-state index in [1.54, 1.807) is 37.4 Å². The first-order valence-corrected chi connectivity index (χ1v) is 13.7. The van der Waals surface area contributed by atoms with Crippen LogP contribution in [-0.4, -0.2) is 57.1 Å². The topological polar surface area (TPSA) is 96.0 Å². The summed E-state index contributed by atoms with van der Waals surface area (Å²) in [6, 6.07) is 12.5. The second kappa shape index (κ2) is 12.8. The lowest BCUT2D eigenvalue weighted by Crippen LogP contribution is -2.53. The fourth-order valence-corrected chi connectivity index (χ4v) is 4.52. The Bertz CT molecular complexity index is 1110. The Hall–Kier alpha value is -2.78. The normalized spacial score (nSPS) is 13.0. The maximum absolute atomic E-state index is 13.6. The number of anilines is 1. The van der Waals surface area contributed by atoms with Gasteiger partial charge in [0.1, 0.15) is 18.3 Å². The number of sulfonamides is 1. The molecule has 0 aromatic heterocycles. The lowest BCUT2D eigenvalue weighted by atomic mass is 10.1. The number of nitrogens with one attached hydrogen (secondary N) is 1. The first-order chi connectivity index (χ1) is 16.5. The Morgan fingerprint density at radius 2 is 1.74 bits per heavy atom. The summed E-state index contributed by atoms with van der Waals surface area (Å²) in [4.78, 5) is 28.2. The zero-order valence-electron chi connectivity index (χ0n) is 20.8. The Labute approximate surface area is 213 Å². The number of benzene rings is 2. The van der Waals surface area contributed by atoms with E-state index < -0.39 is 28.5 Å². The summed E-state index contributed by atoms with van der Waals surface area (Å²) in [6.45, 7) is 5.32. The first-order valence-electron chi connectivity index (χ1n) is 11.5. The predicted octanol–water partition coefficient (Wildman–Crippen LogP) is 3.84. The average molecular weight is 524 g/mol. The highest BCUT2D eigenvalue weighted by molar-refractivity contribution is 7.92. The van der Waals surface area contributed by atoms with Crippen molar-refractivity contribution in [3.05, 3.63) is 59.1 Å². The summed E-state index contributed by atoms with van der Waals surface area (Å²) in [7, 11) is -2.25. The average Bonchev–Trinajstić information content (AvgIpc) is 2.82. The van der Waals surface area contributed by atoms with Crippen LogP contribution in [0.2, 0.25) is 5.02 Å². The van der Waals surface area contributed by atoms with Gasteiger partial charge >= 0.3 is 0 Å². The molecule has 0 spiro atoms. The van der Waals surface area contributed by atoms with E-state index in [1.165, 1.54) is 17.0 Å². The highest BCUT2D eigenvalue weighted by atomic mass is 35.5. The number of amides is 2. The van der Waals surface area contributed by atoms with E-state index in [1.807, 2.05) is 26.8 Å². The number of methoxy groups -OCH3 is 1. The van der Waals surface area contributed by atoms with Gasteiger partial charge in [-0.1, -0.05) is 37.6 Å². The molecular formula is C25H34ClN3O5S. The third-order valence-corrected chi connectivity index (χ3v) is 7.06. The van der Waals surface area contributed by atoms with E-state index in [0.29, 0.717) is 22.9 Å². The minimum Gasteiger partial charge on any atom is -0.497 e. The zero-order chi connectivity index (χ0) is 26.2. The molecule has 2 aromatic carbocycles. The second-order valence-corrected chi connectivity index (χ2v) is 10.7. The van der Waals surface area contributed by atoms with Crippen molar-refractivity contribution in [1.29, 1.82) is 0 Å². The van der Waals surface area contributed by atoms with Crippen LogP contribution in [-0.2, 0) is 26.2 Å². The molecule has 1 N–H and O–H groups in total. The molecule has 0 saturated heterocycles. The van der Waals surface area contributed by atoms with E-state index >= 15 is 0 Å². The molecule has 192 valence electrons. The third kappa shape index (κ3) is 8.14. The van der Waals surface area contributed by atoms with Crippen LogP contribution in [0.4, 0.5) is 5.69 Å². The number of nitrogens with zero attached hydrogens (tertiary/aromatic N) is 2. The van der Waals surface area contributed by atoms with Crippen molar-refractivity contribution < 1.29 is 22.7 Å². The molecule has 0 unspecified atom stereocenters. The Balaban J connectivity index is 2.44. The van der Waals surface area contributed by atoms with Gasteiger partial charge in [0, 0.05) is 17.6 Å². The number of hydrogen-bond donors (Lipinski definition) is 1. The van der Waals surface area contributed by atoms with Crippen LogP contribution in [0.15, 0.2) is 48.5 Å². The fraction of sp³-hybridized carbons (Fsp3) is 0.440. The van der Waals surface area contributed by atoms with Crippen LogP contribution in [0.1, 0.15) is 39.2 Å². The molecular weight excluding hydrogens is 490 g/mol. The Morgan fingerprint density at radius 1 is 1.09 bits per heavy atom. The summed E-state index contributed by atoms with van der Waals surface area (Å²) in [5.74, 6) is -0.166. The maximum Gasteiger partial charge on any atom is 0.244 e. The van der Waals surface area contributed by atoms with Crippen molar-refractivity contribution in [2.24, 2.45) is 0 Å². The molecule has 2 amide bonds. The molecule has 0 fully saturated rings. The van der Waals surface area contributed by atoms with Crippen LogP contribution < -0.4 is 14.4 Å². The van der Waals surface area contributed by atoms with Crippen LogP contribution in [0, 0.1) is 0 Å². The number of ether oxygens (including phenoxy) is 1. The van der Waals surface area contributed by atoms with E-state index in [9.17, 15) is 18.0 Å².